The molecule has 1 aliphatic heterocycles. The monoisotopic (exact) mass is 233 g/mol. The van der Waals surface area contributed by atoms with Crippen LogP contribution in [0, 0.1) is 6.92 Å². The van der Waals surface area contributed by atoms with E-state index in [0.29, 0.717) is 6.04 Å². The third-order valence-corrected chi connectivity index (χ3v) is 4.03. The highest BCUT2D eigenvalue weighted by molar-refractivity contribution is 7.15. The number of H-pyrrole nitrogens is 1. The van der Waals surface area contributed by atoms with Gasteiger partial charge in [0.15, 0.2) is 0 Å². The molecule has 0 saturated carbocycles. The molecule has 2 aromatic rings. The number of thiophene rings is 1. The fraction of sp³-hybridized carbons (Fsp3) is 0.417. The zero-order valence-corrected chi connectivity index (χ0v) is 10.1. The van der Waals surface area contributed by atoms with Crippen molar-refractivity contribution in [2.45, 2.75) is 25.8 Å². The van der Waals surface area contributed by atoms with E-state index in [2.05, 4.69) is 34.3 Å². The number of aromatic nitrogens is 2. The number of nitrogens with zero attached hydrogens (tertiary/aromatic N) is 1. The third kappa shape index (κ3) is 1.79. The van der Waals surface area contributed by atoms with Crippen LogP contribution < -0.4 is 5.32 Å². The maximum atomic E-state index is 4.47. The summed E-state index contributed by atoms with van der Waals surface area (Å²) >= 11 is 1.81. The van der Waals surface area contributed by atoms with Gasteiger partial charge in [0.1, 0.15) is 5.82 Å². The normalized spacial score (nSPS) is 20.4. The molecule has 84 valence electrons. The summed E-state index contributed by atoms with van der Waals surface area (Å²) in [5.74, 6) is 1.08. The summed E-state index contributed by atoms with van der Waals surface area (Å²) in [6.45, 7) is 3.24. The molecule has 0 radical (unpaired) electrons. The Kier molecular flexibility index (Phi) is 2.53. The molecular formula is C12H15N3S. The van der Waals surface area contributed by atoms with Gasteiger partial charge >= 0.3 is 0 Å². The van der Waals surface area contributed by atoms with Crippen LogP contribution in [0.5, 0.6) is 0 Å². The molecule has 1 unspecified atom stereocenters. The number of nitrogens with one attached hydrogen (secondary N) is 2. The molecule has 1 aliphatic rings. The Morgan fingerprint density at radius 3 is 3.06 bits per heavy atom. The average Bonchev–Trinajstić information content (AvgIpc) is 2.97. The topological polar surface area (TPSA) is 40.7 Å². The molecule has 16 heavy (non-hydrogen) atoms. The molecule has 4 heteroatoms. The summed E-state index contributed by atoms with van der Waals surface area (Å²) in [5.41, 5.74) is 1.14. The zero-order chi connectivity index (χ0) is 11.0. The number of hydrogen-bond acceptors (Lipinski definition) is 3. The number of aryl methyl sites for hydroxylation is 1. The highest BCUT2D eigenvalue weighted by Gasteiger charge is 2.19. The molecule has 0 amide bonds. The molecule has 3 nitrogen and oxygen atoms in total. The van der Waals surface area contributed by atoms with Gasteiger partial charge in [-0.25, -0.2) is 4.98 Å². The van der Waals surface area contributed by atoms with Crippen LogP contribution in [0.4, 0.5) is 0 Å². The molecule has 0 bridgehead atoms. The summed E-state index contributed by atoms with van der Waals surface area (Å²) in [7, 11) is 0. The number of rotatable bonds is 2. The largest absolute Gasteiger partial charge is 0.340 e. The second-order valence-electron chi connectivity index (χ2n) is 4.24. The lowest BCUT2D eigenvalue weighted by Crippen LogP contribution is -2.14. The highest BCUT2D eigenvalue weighted by atomic mass is 32.1. The molecule has 1 fully saturated rings. The Morgan fingerprint density at radius 2 is 2.38 bits per heavy atom. The van der Waals surface area contributed by atoms with E-state index in [0.717, 1.165) is 18.1 Å². The zero-order valence-electron chi connectivity index (χ0n) is 9.29. The van der Waals surface area contributed by atoms with E-state index >= 15 is 0 Å². The molecule has 0 spiro atoms. The van der Waals surface area contributed by atoms with E-state index in [4.69, 9.17) is 0 Å². The summed E-state index contributed by atoms with van der Waals surface area (Å²) in [5, 5.41) is 3.45. The van der Waals surface area contributed by atoms with Gasteiger partial charge in [0, 0.05) is 4.88 Å². The fourth-order valence-electron chi connectivity index (χ4n) is 2.14. The second-order valence-corrected chi connectivity index (χ2v) is 5.53. The van der Waals surface area contributed by atoms with E-state index in [1.165, 1.54) is 22.6 Å². The predicted octanol–water partition coefficient (Wildman–Crippen LogP) is 2.87. The maximum Gasteiger partial charge on any atom is 0.123 e. The van der Waals surface area contributed by atoms with Crippen molar-refractivity contribution in [1.29, 1.82) is 0 Å². The van der Waals surface area contributed by atoms with Crippen LogP contribution in [0.2, 0.25) is 0 Å². The van der Waals surface area contributed by atoms with Crippen molar-refractivity contribution in [3.63, 3.8) is 0 Å². The van der Waals surface area contributed by atoms with Crippen LogP contribution in [-0.4, -0.2) is 16.5 Å². The Morgan fingerprint density at radius 1 is 1.44 bits per heavy atom. The van der Waals surface area contributed by atoms with Crippen LogP contribution in [0.25, 0.3) is 10.6 Å². The van der Waals surface area contributed by atoms with Crippen molar-refractivity contribution in [2.75, 3.05) is 6.54 Å². The first-order valence-corrected chi connectivity index (χ1v) is 6.50. The van der Waals surface area contributed by atoms with Crippen LogP contribution >= 0.6 is 11.3 Å². The lowest BCUT2D eigenvalue weighted by Gasteiger charge is -2.04. The van der Waals surface area contributed by atoms with Gasteiger partial charge in [0.25, 0.3) is 0 Å². The van der Waals surface area contributed by atoms with Crippen LogP contribution in [-0.2, 0) is 0 Å². The van der Waals surface area contributed by atoms with Crippen molar-refractivity contribution >= 4 is 11.3 Å². The molecule has 2 N–H and O–H groups in total. The van der Waals surface area contributed by atoms with E-state index in [-0.39, 0.29) is 0 Å². The van der Waals surface area contributed by atoms with Crippen LogP contribution in [0.3, 0.4) is 0 Å². The van der Waals surface area contributed by atoms with Crippen molar-refractivity contribution in [1.82, 2.24) is 15.3 Å². The first-order valence-electron chi connectivity index (χ1n) is 5.68. The predicted molar refractivity (Wildman–Crippen MR) is 66.6 cm³/mol. The third-order valence-electron chi connectivity index (χ3n) is 2.99. The summed E-state index contributed by atoms with van der Waals surface area (Å²) < 4.78 is 0. The molecule has 0 aliphatic carbocycles. The van der Waals surface area contributed by atoms with Crippen molar-refractivity contribution < 1.29 is 0 Å². The van der Waals surface area contributed by atoms with E-state index in [1.54, 1.807) is 11.3 Å². The maximum absolute atomic E-state index is 4.47. The summed E-state index contributed by atoms with van der Waals surface area (Å²) in [6, 6.07) is 4.73. The van der Waals surface area contributed by atoms with Gasteiger partial charge in [0.05, 0.1) is 22.8 Å². The molecule has 2 aromatic heterocycles. The van der Waals surface area contributed by atoms with Gasteiger partial charge in [-0.3, -0.25) is 0 Å². The molecule has 0 aromatic carbocycles. The van der Waals surface area contributed by atoms with Gasteiger partial charge < -0.3 is 10.3 Å². The Labute approximate surface area is 98.9 Å². The fourth-order valence-corrected chi connectivity index (χ4v) is 2.97. The van der Waals surface area contributed by atoms with Crippen LogP contribution in [0.1, 0.15) is 29.6 Å². The number of imidazole rings is 1. The van der Waals surface area contributed by atoms with E-state index < -0.39 is 0 Å². The minimum absolute atomic E-state index is 0.426. The van der Waals surface area contributed by atoms with Gasteiger partial charge in [-0.05, 0) is 38.4 Å². The molecule has 3 heterocycles. The molecule has 1 saturated heterocycles. The number of aromatic amines is 1. The smallest absolute Gasteiger partial charge is 0.123 e. The molecular weight excluding hydrogens is 218 g/mol. The quantitative estimate of drug-likeness (QED) is 0.837. The molecule has 1 atom stereocenters. The average molecular weight is 233 g/mol. The van der Waals surface area contributed by atoms with Crippen LogP contribution in [0.15, 0.2) is 18.3 Å². The lowest BCUT2D eigenvalue weighted by atomic mass is 10.2. The van der Waals surface area contributed by atoms with Gasteiger partial charge in [0.2, 0.25) is 0 Å². The summed E-state index contributed by atoms with van der Waals surface area (Å²) in [4.78, 5) is 10.5. The van der Waals surface area contributed by atoms with Gasteiger partial charge in [-0.15, -0.1) is 11.3 Å². The molecule has 3 rings (SSSR count). The second kappa shape index (κ2) is 4.03. The number of hydrogen-bond donors (Lipinski definition) is 2. The van der Waals surface area contributed by atoms with Gasteiger partial charge in [-0.1, -0.05) is 0 Å². The van der Waals surface area contributed by atoms with E-state index in [1.807, 2.05) is 6.20 Å². The first kappa shape index (κ1) is 10.1. The van der Waals surface area contributed by atoms with E-state index in [9.17, 15) is 0 Å². The van der Waals surface area contributed by atoms with Gasteiger partial charge in [-0.2, -0.15) is 0 Å². The SMILES string of the molecule is Cc1ccc(-c2cnc(C3CCCN3)[nH]2)s1. The first-order chi connectivity index (χ1) is 7.83. The summed E-state index contributed by atoms with van der Waals surface area (Å²) in [6.07, 6.45) is 4.38. The van der Waals surface area contributed by atoms with Crippen molar-refractivity contribution in [2.24, 2.45) is 0 Å². The Balaban J connectivity index is 1.87. The Bertz CT molecular complexity index is 480. The van der Waals surface area contributed by atoms with Crippen molar-refractivity contribution in [3.05, 3.63) is 29.0 Å². The minimum atomic E-state index is 0.426. The lowest BCUT2D eigenvalue weighted by molar-refractivity contribution is 0.613. The minimum Gasteiger partial charge on any atom is -0.340 e. The van der Waals surface area contributed by atoms with Crippen molar-refractivity contribution in [3.8, 4) is 10.6 Å². The Hall–Kier alpha value is -1.13. The standard InChI is InChI=1S/C12H15N3S/c1-8-4-5-11(16-8)10-7-14-12(15-10)9-3-2-6-13-9/h4-5,7,9,13H,2-3,6H2,1H3,(H,14,15). The highest BCUT2D eigenvalue weighted by Crippen LogP contribution is 2.28.